The molecule has 12 heteroatoms. The third kappa shape index (κ3) is 5.67. The van der Waals surface area contributed by atoms with Crippen molar-refractivity contribution in [3.05, 3.63) is 47.0 Å². The number of hydrogen-bond donors (Lipinski definition) is 3. The maximum Gasteiger partial charge on any atom is 0.471 e. The van der Waals surface area contributed by atoms with Gasteiger partial charge in [-0.3, -0.25) is 9.59 Å². The number of carbonyl (C=O) groups excluding carboxylic acids is 2. The Kier molecular flexibility index (Phi) is 7.22. The van der Waals surface area contributed by atoms with Gasteiger partial charge in [0.2, 0.25) is 5.91 Å². The Balaban J connectivity index is 2.29. The van der Waals surface area contributed by atoms with E-state index < -0.39 is 44.5 Å². The number of alkyl halides is 3. The zero-order chi connectivity index (χ0) is 23.6. The minimum atomic E-state index is -5.19. The highest BCUT2D eigenvalue weighted by atomic mass is 35.5. The van der Waals surface area contributed by atoms with Crippen molar-refractivity contribution in [2.75, 3.05) is 10.6 Å². The zero-order valence-corrected chi connectivity index (χ0v) is 17.8. The molecule has 0 aliphatic heterocycles. The number of anilines is 2. The number of phenolic OH excluding ortho intramolecular Hbond substituents is 1. The normalized spacial score (nSPS) is 12.8. The molecule has 0 aliphatic rings. The average molecular weight is 479 g/mol. The van der Waals surface area contributed by atoms with Crippen LogP contribution in [0.5, 0.6) is 5.75 Å². The van der Waals surface area contributed by atoms with Crippen LogP contribution in [0.1, 0.15) is 18.9 Å². The van der Waals surface area contributed by atoms with Gasteiger partial charge in [-0.1, -0.05) is 30.7 Å². The van der Waals surface area contributed by atoms with Crippen molar-refractivity contribution >= 4 is 44.6 Å². The van der Waals surface area contributed by atoms with Gasteiger partial charge in [-0.05, 0) is 37.1 Å². The number of amides is 2. The number of aromatic hydroxyl groups is 1. The lowest BCUT2D eigenvalue weighted by Crippen LogP contribution is -2.35. The highest BCUT2D eigenvalue weighted by molar-refractivity contribution is 7.92. The van der Waals surface area contributed by atoms with E-state index in [1.807, 2.05) is 0 Å². The monoisotopic (exact) mass is 478 g/mol. The molecule has 0 aliphatic carbocycles. The number of aryl methyl sites for hydroxylation is 1. The molecule has 168 valence electrons. The molecule has 0 saturated heterocycles. The SMILES string of the molecule is CCC(C(=O)Nc1cc(O)c(NC(=O)C(F)(F)F)cc1Cl)S(=O)(=O)c1cccc(C)c1. The molecule has 2 aromatic carbocycles. The quantitative estimate of drug-likeness (QED) is 0.542. The van der Waals surface area contributed by atoms with E-state index in [1.165, 1.54) is 30.4 Å². The first-order chi connectivity index (χ1) is 14.3. The number of phenols is 1. The second-order valence-electron chi connectivity index (χ2n) is 6.55. The lowest BCUT2D eigenvalue weighted by molar-refractivity contribution is -0.167. The van der Waals surface area contributed by atoms with E-state index in [0.29, 0.717) is 5.56 Å². The number of hydrogen-bond acceptors (Lipinski definition) is 5. The summed E-state index contributed by atoms with van der Waals surface area (Å²) in [4.78, 5) is 23.6. The van der Waals surface area contributed by atoms with Crippen molar-refractivity contribution in [1.82, 2.24) is 0 Å². The predicted octanol–water partition coefficient (Wildman–Crippen LogP) is 4.05. The van der Waals surface area contributed by atoms with Crippen LogP contribution in [0, 0.1) is 6.92 Å². The topological polar surface area (TPSA) is 113 Å². The molecule has 1 unspecified atom stereocenters. The highest BCUT2D eigenvalue weighted by Gasteiger charge is 2.39. The predicted molar refractivity (Wildman–Crippen MR) is 109 cm³/mol. The molecule has 1 atom stereocenters. The largest absolute Gasteiger partial charge is 0.506 e. The molecule has 7 nitrogen and oxygen atoms in total. The minimum absolute atomic E-state index is 0.0475. The fourth-order valence-corrected chi connectivity index (χ4v) is 4.60. The molecule has 0 saturated carbocycles. The van der Waals surface area contributed by atoms with E-state index in [0.717, 1.165) is 12.1 Å². The van der Waals surface area contributed by atoms with Gasteiger partial charge in [0.15, 0.2) is 9.84 Å². The summed E-state index contributed by atoms with van der Waals surface area (Å²) in [5.74, 6) is -4.09. The summed E-state index contributed by atoms with van der Waals surface area (Å²) in [6.45, 7) is 3.19. The molecule has 0 spiro atoms. The van der Waals surface area contributed by atoms with Crippen LogP contribution in [0.25, 0.3) is 0 Å². The van der Waals surface area contributed by atoms with Gasteiger partial charge in [0.05, 0.1) is 21.3 Å². The van der Waals surface area contributed by atoms with Crippen molar-refractivity contribution in [2.45, 2.75) is 36.6 Å². The summed E-state index contributed by atoms with van der Waals surface area (Å²) < 4.78 is 62.9. The van der Waals surface area contributed by atoms with Gasteiger partial charge in [0.25, 0.3) is 0 Å². The van der Waals surface area contributed by atoms with E-state index in [2.05, 4.69) is 5.32 Å². The number of benzene rings is 2. The summed E-state index contributed by atoms with van der Waals surface area (Å²) in [6.07, 6.45) is -5.27. The second kappa shape index (κ2) is 9.15. The number of carbonyl (C=O) groups is 2. The summed E-state index contributed by atoms with van der Waals surface area (Å²) in [7, 11) is -4.06. The van der Waals surface area contributed by atoms with E-state index in [1.54, 1.807) is 13.0 Å². The third-order valence-corrected chi connectivity index (χ3v) is 6.73. The summed E-state index contributed by atoms with van der Waals surface area (Å²) >= 11 is 5.94. The Morgan fingerprint density at radius 3 is 2.32 bits per heavy atom. The molecule has 31 heavy (non-hydrogen) atoms. The maximum absolute atomic E-state index is 12.9. The van der Waals surface area contributed by atoms with Crippen LogP contribution in [0.4, 0.5) is 24.5 Å². The van der Waals surface area contributed by atoms with Gasteiger partial charge in [0.1, 0.15) is 11.0 Å². The smallest absolute Gasteiger partial charge is 0.471 e. The lowest BCUT2D eigenvalue weighted by atomic mass is 10.2. The highest BCUT2D eigenvalue weighted by Crippen LogP contribution is 2.35. The number of nitrogens with one attached hydrogen (secondary N) is 2. The van der Waals surface area contributed by atoms with Crippen LogP contribution >= 0.6 is 11.6 Å². The zero-order valence-electron chi connectivity index (χ0n) is 16.2. The first kappa shape index (κ1) is 24.5. The van der Waals surface area contributed by atoms with Gasteiger partial charge in [-0.25, -0.2) is 8.42 Å². The van der Waals surface area contributed by atoms with Crippen molar-refractivity contribution in [3.63, 3.8) is 0 Å². The lowest BCUT2D eigenvalue weighted by Gasteiger charge is -2.18. The van der Waals surface area contributed by atoms with E-state index >= 15 is 0 Å². The first-order valence-electron chi connectivity index (χ1n) is 8.79. The molecule has 0 heterocycles. The summed E-state index contributed by atoms with van der Waals surface area (Å²) in [5.41, 5.74) is -0.197. The molecule has 0 aromatic heterocycles. The van der Waals surface area contributed by atoms with Crippen molar-refractivity contribution in [3.8, 4) is 5.75 Å². The Labute approximate surface area is 181 Å². The molecule has 2 rings (SSSR count). The molecule has 0 radical (unpaired) electrons. The molecular weight excluding hydrogens is 461 g/mol. The Morgan fingerprint density at radius 1 is 1.13 bits per heavy atom. The average Bonchev–Trinajstić information content (AvgIpc) is 2.65. The van der Waals surface area contributed by atoms with Crippen molar-refractivity contribution < 1.29 is 36.3 Å². The van der Waals surface area contributed by atoms with Crippen LogP contribution in [0.2, 0.25) is 5.02 Å². The molecule has 3 N–H and O–H groups in total. The molecule has 0 fully saturated rings. The van der Waals surface area contributed by atoms with Gasteiger partial charge in [-0.15, -0.1) is 0 Å². The van der Waals surface area contributed by atoms with Gasteiger partial charge >= 0.3 is 12.1 Å². The molecule has 2 aromatic rings. The number of halogens is 4. The van der Waals surface area contributed by atoms with Gasteiger partial charge < -0.3 is 15.7 Å². The van der Waals surface area contributed by atoms with Crippen LogP contribution in [-0.4, -0.2) is 36.8 Å². The van der Waals surface area contributed by atoms with Crippen LogP contribution < -0.4 is 10.6 Å². The Hall–Kier alpha value is -2.79. The van der Waals surface area contributed by atoms with Crippen molar-refractivity contribution in [2.24, 2.45) is 0 Å². The van der Waals surface area contributed by atoms with Crippen molar-refractivity contribution in [1.29, 1.82) is 0 Å². The summed E-state index contributed by atoms with van der Waals surface area (Å²) in [6, 6.07) is 7.61. The van der Waals surface area contributed by atoms with Gasteiger partial charge in [-0.2, -0.15) is 13.2 Å². The van der Waals surface area contributed by atoms with Crippen LogP contribution in [-0.2, 0) is 19.4 Å². The van der Waals surface area contributed by atoms with E-state index in [-0.39, 0.29) is 22.0 Å². The molecule has 2 amide bonds. The first-order valence-corrected chi connectivity index (χ1v) is 10.7. The summed E-state index contributed by atoms with van der Waals surface area (Å²) in [5, 5.41) is 11.8. The Bertz CT molecular complexity index is 1120. The molecule has 0 bridgehead atoms. The van der Waals surface area contributed by atoms with E-state index in [4.69, 9.17) is 11.6 Å². The maximum atomic E-state index is 12.9. The fourth-order valence-electron chi connectivity index (χ4n) is 2.67. The fraction of sp³-hybridized carbons (Fsp3) is 0.263. The van der Waals surface area contributed by atoms with Gasteiger partial charge in [0, 0.05) is 6.07 Å². The van der Waals surface area contributed by atoms with E-state index in [9.17, 15) is 36.3 Å². The number of sulfone groups is 1. The third-order valence-electron chi connectivity index (χ3n) is 4.20. The van der Waals surface area contributed by atoms with Crippen LogP contribution in [0.15, 0.2) is 41.3 Å². The van der Waals surface area contributed by atoms with Crippen LogP contribution in [0.3, 0.4) is 0 Å². The standard InChI is InChI=1S/C19H18ClF3N2O5S/c1-3-16(31(29,30)11-6-4-5-10(2)7-11)17(27)24-13-9-15(26)14(8-12(13)20)25-18(28)19(21,22)23/h4-9,16,26H,3H2,1-2H3,(H,24,27)(H,25,28). The second-order valence-corrected chi connectivity index (χ2v) is 9.09. The Morgan fingerprint density at radius 2 is 1.77 bits per heavy atom. The molecular formula is C19H18ClF3N2O5S. The minimum Gasteiger partial charge on any atom is -0.506 e. The number of rotatable bonds is 6.